The van der Waals surface area contributed by atoms with Crippen molar-refractivity contribution in [3.63, 3.8) is 0 Å². The highest BCUT2D eigenvalue weighted by atomic mass is 15.2. The molecular formula is C16H19N5. The lowest BCUT2D eigenvalue weighted by molar-refractivity contribution is 0.762. The molecule has 0 unspecified atom stereocenters. The smallest absolute Gasteiger partial charge is 0.127 e. The van der Waals surface area contributed by atoms with Gasteiger partial charge < -0.3 is 15.2 Å². The van der Waals surface area contributed by atoms with E-state index in [0.717, 1.165) is 40.3 Å². The van der Waals surface area contributed by atoms with Crippen LogP contribution in [-0.2, 0) is 13.6 Å². The first-order valence-corrected chi connectivity index (χ1v) is 6.89. The zero-order valence-corrected chi connectivity index (χ0v) is 12.5. The van der Waals surface area contributed by atoms with Crippen LogP contribution in [0, 0.1) is 6.92 Å². The van der Waals surface area contributed by atoms with Crippen LogP contribution in [0.1, 0.15) is 11.5 Å². The Bertz CT molecular complexity index is 790. The van der Waals surface area contributed by atoms with E-state index in [9.17, 15) is 0 Å². The summed E-state index contributed by atoms with van der Waals surface area (Å²) in [5.74, 6) is 1.02. The summed E-state index contributed by atoms with van der Waals surface area (Å²) in [6.45, 7) is 2.74. The van der Waals surface area contributed by atoms with Crippen molar-refractivity contribution in [3.8, 4) is 0 Å². The zero-order valence-electron chi connectivity index (χ0n) is 12.5. The van der Waals surface area contributed by atoms with Crippen molar-refractivity contribution in [1.82, 2.24) is 14.5 Å². The Hall–Kier alpha value is -2.56. The molecule has 0 aliphatic rings. The van der Waals surface area contributed by atoms with Crippen LogP contribution in [0.3, 0.4) is 0 Å². The van der Waals surface area contributed by atoms with E-state index >= 15 is 0 Å². The normalized spacial score (nSPS) is 11.0. The van der Waals surface area contributed by atoms with Gasteiger partial charge in [0.15, 0.2) is 0 Å². The number of anilines is 2. The van der Waals surface area contributed by atoms with Gasteiger partial charge in [-0.05, 0) is 31.2 Å². The van der Waals surface area contributed by atoms with E-state index in [1.807, 2.05) is 49.1 Å². The van der Waals surface area contributed by atoms with Gasteiger partial charge in [0.1, 0.15) is 5.82 Å². The second kappa shape index (κ2) is 5.09. The fourth-order valence-electron chi connectivity index (χ4n) is 2.52. The second-order valence-corrected chi connectivity index (χ2v) is 5.37. The van der Waals surface area contributed by atoms with Crippen LogP contribution >= 0.6 is 0 Å². The molecule has 0 amide bonds. The van der Waals surface area contributed by atoms with Gasteiger partial charge in [-0.1, -0.05) is 0 Å². The molecular weight excluding hydrogens is 262 g/mol. The van der Waals surface area contributed by atoms with E-state index in [0.29, 0.717) is 0 Å². The number of nitrogens with zero attached hydrogens (tertiary/aromatic N) is 4. The van der Waals surface area contributed by atoms with E-state index < -0.39 is 0 Å². The molecule has 21 heavy (non-hydrogen) atoms. The van der Waals surface area contributed by atoms with Gasteiger partial charge in [0.25, 0.3) is 0 Å². The lowest BCUT2D eigenvalue weighted by Crippen LogP contribution is -2.19. The molecule has 0 aliphatic carbocycles. The van der Waals surface area contributed by atoms with Crippen LogP contribution in [0.5, 0.6) is 0 Å². The lowest BCUT2D eigenvalue weighted by Gasteiger charge is -2.21. The van der Waals surface area contributed by atoms with Gasteiger partial charge in [-0.15, -0.1) is 0 Å². The molecule has 0 saturated carbocycles. The average molecular weight is 281 g/mol. The van der Waals surface area contributed by atoms with Crippen LogP contribution in [0.15, 0.2) is 36.7 Å². The number of pyridine rings is 1. The molecule has 3 aromatic rings. The maximum Gasteiger partial charge on any atom is 0.127 e. The number of hydrogen-bond donors (Lipinski definition) is 1. The van der Waals surface area contributed by atoms with Crippen LogP contribution in [0.25, 0.3) is 10.9 Å². The average Bonchev–Trinajstić information content (AvgIpc) is 2.84. The number of aryl methyl sites for hydroxylation is 2. The Balaban J connectivity index is 2.06. The molecule has 108 valence electrons. The third-order valence-electron chi connectivity index (χ3n) is 3.65. The van der Waals surface area contributed by atoms with E-state index in [1.165, 1.54) is 0 Å². The van der Waals surface area contributed by atoms with Crippen molar-refractivity contribution >= 4 is 22.3 Å². The van der Waals surface area contributed by atoms with Gasteiger partial charge in [0.05, 0.1) is 12.1 Å². The van der Waals surface area contributed by atoms with Crippen molar-refractivity contribution in [1.29, 1.82) is 0 Å². The summed E-state index contributed by atoms with van der Waals surface area (Å²) in [5.41, 5.74) is 9.75. The SMILES string of the molecule is Cc1cc(N(C)Cc2nccn2C)c2cc(N)ccc2n1. The van der Waals surface area contributed by atoms with Crippen molar-refractivity contribution < 1.29 is 0 Å². The summed E-state index contributed by atoms with van der Waals surface area (Å²) in [7, 11) is 4.07. The first kappa shape index (κ1) is 13.4. The molecule has 0 aliphatic heterocycles. The number of imidazole rings is 1. The molecule has 0 spiro atoms. The maximum absolute atomic E-state index is 5.93. The predicted molar refractivity (Wildman–Crippen MR) is 86.2 cm³/mol. The number of nitrogen functional groups attached to an aromatic ring is 1. The zero-order chi connectivity index (χ0) is 15.0. The number of rotatable bonds is 3. The highest BCUT2D eigenvalue weighted by Gasteiger charge is 2.11. The monoisotopic (exact) mass is 281 g/mol. The van der Waals surface area contributed by atoms with Gasteiger partial charge in [0, 0.05) is 48.9 Å². The molecule has 3 rings (SSSR count). The van der Waals surface area contributed by atoms with Gasteiger partial charge in [-0.2, -0.15) is 0 Å². The van der Waals surface area contributed by atoms with E-state index in [1.54, 1.807) is 0 Å². The van der Waals surface area contributed by atoms with Crippen LogP contribution in [0.2, 0.25) is 0 Å². The van der Waals surface area contributed by atoms with Crippen molar-refractivity contribution in [2.45, 2.75) is 13.5 Å². The van der Waals surface area contributed by atoms with Crippen LogP contribution < -0.4 is 10.6 Å². The number of fused-ring (bicyclic) bond motifs is 1. The second-order valence-electron chi connectivity index (χ2n) is 5.37. The highest BCUT2D eigenvalue weighted by molar-refractivity contribution is 5.93. The van der Waals surface area contributed by atoms with Gasteiger partial charge in [-0.3, -0.25) is 4.98 Å². The molecule has 5 heteroatoms. The number of nitrogens with two attached hydrogens (primary N) is 1. The third kappa shape index (κ3) is 2.54. The maximum atomic E-state index is 5.93. The molecule has 0 atom stereocenters. The molecule has 2 N–H and O–H groups in total. The lowest BCUT2D eigenvalue weighted by atomic mass is 10.1. The van der Waals surface area contributed by atoms with Gasteiger partial charge in [0.2, 0.25) is 0 Å². The summed E-state index contributed by atoms with van der Waals surface area (Å²) in [5, 5.41) is 1.07. The molecule has 0 saturated heterocycles. The topological polar surface area (TPSA) is 60.0 Å². The molecule has 1 aromatic carbocycles. The molecule has 0 radical (unpaired) electrons. The summed E-state index contributed by atoms with van der Waals surface area (Å²) < 4.78 is 2.03. The highest BCUT2D eigenvalue weighted by Crippen LogP contribution is 2.28. The summed E-state index contributed by atoms with van der Waals surface area (Å²) in [6, 6.07) is 7.92. The van der Waals surface area contributed by atoms with E-state index in [2.05, 4.69) is 28.0 Å². The van der Waals surface area contributed by atoms with Crippen molar-refractivity contribution in [3.05, 3.63) is 48.2 Å². The Kier molecular flexibility index (Phi) is 3.25. The molecule has 0 bridgehead atoms. The standard InChI is InChI=1S/C16H19N5/c1-11-8-15(13-9-12(17)4-5-14(13)19-11)21(3)10-16-18-6-7-20(16)2/h4-9H,10,17H2,1-3H3. The Morgan fingerprint density at radius 1 is 1.29 bits per heavy atom. The summed E-state index contributed by atoms with van der Waals surface area (Å²) in [6.07, 6.45) is 3.77. The Morgan fingerprint density at radius 2 is 2.10 bits per heavy atom. The third-order valence-corrected chi connectivity index (χ3v) is 3.65. The molecule has 2 heterocycles. The fourth-order valence-corrected chi connectivity index (χ4v) is 2.52. The van der Waals surface area contributed by atoms with Crippen molar-refractivity contribution in [2.24, 2.45) is 7.05 Å². The van der Waals surface area contributed by atoms with E-state index in [-0.39, 0.29) is 0 Å². The van der Waals surface area contributed by atoms with Crippen molar-refractivity contribution in [2.75, 3.05) is 17.7 Å². The number of aromatic nitrogens is 3. The first-order valence-electron chi connectivity index (χ1n) is 6.89. The number of benzene rings is 1. The minimum absolute atomic E-state index is 0.733. The van der Waals surface area contributed by atoms with Gasteiger partial charge >= 0.3 is 0 Å². The largest absolute Gasteiger partial charge is 0.399 e. The Morgan fingerprint density at radius 3 is 2.81 bits per heavy atom. The first-order chi connectivity index (χ1) is 10.0. The number of hydrogen-bond acceptors (Lipinski definition) is 4. The predicted octanol–water partition coefficient (Wildman–Crippen LogP) is 2.50. The quantitative estimate of drug-likeness (QED) is 0.749. The van der Waals surface area contributed by atoms with Gasteiger partial charge in [-0.25, -0.2) is 4.98 Å². The fraction of sp³-hybridized carbons (Fsp3) is 0.250. The molecule has 0 fully saturated rings. The summed E-state index contributed by atoms with van der Waals surface area (Å²) >= 11 is 0. The minimum atomic E-state index is 0.733. The van der Waals surface area contributed by atoms with E-state index in [4.69, 9.17) is 5.73 Å². The van der Waals surface area contributed by atoms with Crippen LogP contribution in [0.4, 0.5) is 11.4 Å². The van der Waals surface area contributed by atoms with Crippen LogP contribution in [-0.4, -0.2) is 21.6 Å². The molecule has 5 nitrogen and oxygen atoms in total. The Labute approximate surface area is 124 Å². The summed E-state index contributed by atoms with van der Waals surface area (Å²) in [4.78, 5) is 11.1. The molecule has 2 aromatic heterocycles. The minimum Gasteiger partial charge on any atom is -0.399 e.